The maximum atomic E-state index is 13.3. The minimum Gasteiger partial charge on any atom is -0.497 e. The van der Waals surface area contributed by atoms with Crippen LogP contribution in [0.15, 0.2) is 53.4 Å². The lowest BCUT2D eigenvalue weighted by Gasteiger charge is -2.33. The van der Waals surface area contributed by atoms with Gasteiger partial charge in [-0.1, -0.05) is 18.2 Å². The third kappa shape index (κ3) is 2.84. The summed E-state index contributed by atoms with van der Waals surface area (Å²) in [6, 6.07) is 12.3. The Morgan fingerprint density at radius 3 is 2.61 bits per heavy atom. The number of H-pyrrole nitrogens is 1. The molecule has 146 valence electrons. The number of amides is 1. The van der Waals surface area contributed by atoms with Gasteiger partial charge in [0, 0.05) is 23.1 Å². The highest BCUT2D eigenvalue weighted by atomic mass is 32.2. The molecule has 0 saturated heterocycles. The van der Waals surface area contributed by atoms with E-state index in [-0.39, 0.29) is 11.4 Å². The summed E-state index contributed by atoms with van der Waals surface area (Å²) >= 11 is 0. The molecule has 0 fully saturated rings. The van der Waals surface area contributed by atoms with E-state index >= 15 is 0 Å². The average molecular weight is 401 g/mol. The first-order chi connectivity index (χ1) is 13.5. The average Bonchev–Trinajstić information content (AvgIpc) is 3.11. The van der Waals surface area contributed by atoms with Crippen molar-refractivity contribution in [3.63, 3.8) is 0 Å². The summed E-state index contributed by atoms with van der Waals surface area (Å²) in [6.45, 7) is 0.112. The van der Waals surface area contributed by atoms with Gasteiger partial charge < -0.3 is 9.72 Å². The van der Waals surface area contributed by atoms with Gasteiger partial charge in [-0.3, -0.25) is 10.0 Å². The maximum absolute atomic E-state index is 13.3. The zero-order valence-electron chi connectivity index (χ0n) is 15.0. The summed E-state index contributed by atoms with van der Waals surface area (Å²) in [5, 5.41) is 10.2. The van der Waals surface area contributed by atoms with Gasteiger partial charge in [-0.25, -0.2) is 13.9 Å². The van der Waals surface area contributed by atoms with Crippen molar-refractivity contribution in [3.05, 3.63) is 59.8 Å². The lowest BCUT2D eigenvalue weighted by Crippen LogP contribution is -2.46. The highest BCUT2D eigenvalue weighted by Crippen LogP contribution is 2.37. The minimum atomic E-state index is -3.99. The fraction of sp³-hybridized carbons (Fsp3) is 0.211. The first-order valence-corrected chi connectivity index (χ1v) is 10.1. The summed E-state index contributed by atoms with van der Waals surface area (Å²) in [6.07, 6.45) is 0.448. The fourth-order valence-electron chi connectivity index (χ4n) is 3.68. The van der Waals surface area contributed by atoms with E-state index in [4.69, 9.17) is 4.74 Å². The normalized spacial score (nSPS) is 17.3. The van der Waals surface area contributed by atoms with Crippen LogP contribution >= 0.6 is 0 Å². The Balaban J connectivity index is 1.83. The number of para-hydroxylation sites is 1. The van der Waals surface area contributed by atoms with E-state index < -0.39 is 22.0 Å². The molecule has 0 saturated carbocycles. The highest BCUT2D eigenvalue weighted by Gasteiger charge is 2.42. The Labute approximate surface area is 161 Å². The molecule has 9 heteroatoms. The Kier molecular flexibility index (Phi) is 4.58. The van der Waals surface area contributed by atoms with E-state index in [1.165, 1.54) is 19.2 Å². The number of benzene rings is 2. The molecule has 28 heavy (non-hydrogen) atoms. The first-order valence-electron chi connectivity index (χ1n) is 8.66. The molecule has 0 spiro atoms. The molecule has 1 amide bonds. The number of fused-ring (bicyclic) bond motifs is 3. The summed E-state index contributed by atoms with van der Waals surface area (Å²) < 4.78 is 32.7. The quantitative estimate of drug-likeness (QED) is 0.457. The van der Waals surface area contributed by atoms with Gasteiger partial charge in [0.25, 0.3) is 5.91 Å². The van der Waals surface area contributed by atoms with E-state index in [1.807, 2.05) is 24.3 Å². The van der Waals surface area contributed by atoms with Gasteiger partial charge in [0.2, 0.25) is 10.0 Å². The number of methoxy groups -OCH3 is 1. The van der Waals surface area contributed by atoms with Crippen LogP contribution in [0.5, 0.6) is 5.75 Å². The van der Waals surface area contributed by atoms with Crippen molar-refractivity contribution in [2.24, 2.45) is 0 Å². The molecule has 3 N–H and O–H groups in total. The van der Waals surface area contributed by atoms with Gasteiger partial charge in [0.15, 0.2) is 0 Å². The Morgan fingerprint density at radius 1 is 1.21 bits per heavy atom. The number of hydrogen-bond donors (Lipinski definition) is 3. The predicted molar refractivity (Wildman–Crippen MR) is 102 cm³/mol. The molecule has 1 aliphatic rings. The smallest absolute Gasteiger partial charge is 0.267 e. The Bertz CT molecular complexity index is 1140. The number of nitrogens with zero attached hydrogens (tertiary/aromatic N) is 1. The number of rotatable bonds is 4. The molecule has 8 nitrogen and oxygen atoms in total. The molecular weight excluding hydrogens is 382 g/mol. The monoisotopic (exact) mass is 401 g/mol. The van der Waals surface area contributed by atoms with Crippen molar-refractivity contribution in [2.75, 3.05) is 13.7 Å². The molecule has 1 aromatic heterocycles. The second kappa shape index (κ2) is 6.93. The topological polar surface area (TPSA) is 112 Å². The molecule has 3 aromatic rings. The van der Waals surface area contributed by atoms with Gasteiger partial charge in [0.1, 0.15) is 11.8 Å². The number of aromatic nitrogens is 1. The van der Waals surface area contributed by atoms with Crippen LogP contribution in [0.2, 0.25) is 0 Å². The lowest BCUT2D eigenvalue weighted by atomic mass is 9.99. The number of aromatic amines is 1. The zero-order valence-corrected chi connectivity index (χ0v) is 15.9. The maximum Gasteiger partial charge on any atom is 0.267 e. The SMILES string of the molecule is COc1ccc(S(=O)(=O)N2CCc3c([nH]c4ccccc34)[C@@H]2C(=O)NO)cc1. The molecule has 4 rings (SSSR count). The molecule has 2 heterocycles. The highest BCUT2D eigenvalue weighted by molar-refractivity contribution is 7.89. The molecular formula is C19H19N3O5S. The fourth-order valence-corrected chi connectivity index (χ4v) is 5.24. The Hall–Kier alpha value is -2.88. The molecule has 1 aliphatic heterocycles. The van der Waals surface area contributed by atoms with Crippen LogP contribution in [0.3, 0.4) is 0 Å². The number of sulfonamides is 1. The number of hydroxylamine groups is 1. The molecule has 0 radical (unpaired) electrons. The number of carbonyl (C=O) groups is 1. The molecule has 1 atom stereocenters. The van der Waals surface area contributed by atoms with Gasteiger partial charge in [-0.05, 0) is 42.3 Å². The van der Waals surface area contributed by atoms with Crippen molar-refractivity contribution < 1.29 is 23.2 Å². The van der Waals surface area contributed by atoms with E-state index in [1.54, 1.807) is 17.6 Å². The van der Waals surface area contributed by atoms with Gasteiger partial charge >= 0.3 is 0 Å². The minimum absolute atomic E-state index is 0.0450. The zero-order chi connectivity index (χ0) is 19.9. The number of nitrogens with one attached hydrogen (secondary N) is 2. The van der Waals surface area contributed by atoms with Gasteiger partial charge in [0.05, 0.1) is 12.0 Å². The molecule has 2 aromatic carbocycles. The number of hydrogen-bond acceptors (Lipinski definition) is 5. The van der Waals surface area contributed by atoms with E-state index in [0.29, 0.717) is 17.9 Å². The van der Waals surface area contributed by atoms with Crippen LogP contribution in [-0.2, 0) is 21.2 Å². The van der Waals surface area contributed by atoms with E-state index in [9.17, 15) is 18.4 Å². The molecule has 0 bridgehead atoms. The van der Waals surface area contributed by atoms with Crippen molar-refractivity contribution >= 4 is 26.8 Å². The van der Waals surface area contributed by atoms with Crippen molar-refractivity contribution in [1.82, 2.24) is 14.8 Å². The standard InChI is InChI=1S/C19H19N3O5S/c1-27-12-6-8-13(9-7-12)28(25,26)22-11-10-15-14-4-2-3-5-16(14)20-17(15)18(22)19(23)21-24/h2-9,18,20,24H,10-11H2,1H3,(H,21,23)/t18-/m1/s1. The largest absolute Gasteiger partial charge is 0.497 e. The summed E-state index contributed by atoms with van der Waals surface area (Å²) in [5.74, 6) is -0.287. The summed E-state index contributed by atoms with van der Waals surface area (Å²) in [5.41, 5.74) is 3.77. The van der Waals surface area contributed by atoms with Crippen molar-refractivity contribution in [1.29, 1.82) is 0 Å². The van der Waals surface area contributed by atoms with Crippen molar-refractivity contribution in [3.8, 4) is 5.75 Å². The van der Waals surface area contributed by atoms with Gasteiger partial charge in [-0.2, -0.15) is 4.31 Å². The van der Waals surface area contributed by atoms with Crippen LogP contribution in [0.25, 0.3) is 10.9 Å². The van der Waals surface area contributed by atoms with Crippen molar-refractivity contribution in [2.45, 2.75) is 17.4 Å². The van der Waals surface area contributed by atoms with Gasteiger partial charge in [-0.15, -0.1) is 0 Å². The second-order valence-electron chi connectivity index (χ2n) is 6.48. The summed E-state index contributed by atoms with van der Waals surface area (Å²) in [4.78, 5) is 15.7. The Morgan fingerprint density at radius 2 is 1.93 bits per heavy atom. The third-order valence-corrected chi connectivity index (χ3v) is 6.89. The number of carbonyl (C=O) groups excluding carboxylic acids is 1. The lowest BCUT2D eigenvalue weighted by molar-refractivity contribution is -0.133. The molecule has 0 aliphatic carbocycles. The van der Waals surface area contributed by atoms with Crippen LogP contribution in [0.4, 0.5) is 0 Å². The van der Waals surface area contributed by atoms with Crippen LogP contribution in [-0.4, -0.2) is 42.5 Å². The van der Waals surface area contributed by atoms with Crippen LogP contribution < -0.4 is 10.2 Å². The molecule has 0 unspecified atom stereocenters. The predicted octanol–water partition coefficient (Wildman–Crippen LogP) is 1.97. The summed E-state index contributed by atoms with van der Waals surface area (Å²) in [7, 11) is -2.49. The van der Waals surface area contributed by atoms with E-state index in [2.05, 4.69) is 4.98 Å². The van der Waals surface area contributed by atoms with Crippen LogP contribution in [0, 0.1) is 0 Å². The van der Waals surface area contributed by atoms with E-state index in [0.717, 1.165) is 20.8 Å². The second-order valence-corrected chi connectivity index (χ2v) is 8.37. The van der Waals surface area contributed by atoms with Crippen LogP contribution in [0.1, 0.15) is 17.3 Å². The first kappa shape index (κ1) is 18.5. The third-order valence-electron chi connectivity index (χ3n) is 5.01. The number of ether oxygens (including phenoxy) is 1.